The molecular formula is C20H20O7. The summed E-state index contributed by atoms with van der Waals surface area (Å²) in [5.74, 6) is 0.670. The van der Waals surface area contributed by atoms with Crippen LogP contribution in [-0.4, -0.2) is 29.4 Å². The average Bonchev–Trinajstić information content (AvgIpc) is 2.67. The van der Waals surface area contributed by atoms with Crippen molar-refractivity contribution in [1.29, 1.82) is 0 Å². The van der Waals surface area contributed by atoms with Gasteiger partial charge in [-0.2, -0.15) is 0 Å². The summed E-state index contributed by atoms with van der Waals surface area (Å²) < 4.78 is 15.8. The highest BCUT2D eigenvalue weighted by Gasteiger charge is 2.27. The van der Waals surface area contributed by atoms with Crippen molar-refractivity contribution in [2.75, 3.05) is 13.2 Å². The van der Waals surface area contributed by atoms with Crippen LogP contribution in [0.25, 0.3) is 0 Å². The molecule has 2 N–H and O–H groups in total. The van der Waals surface area contributed by atoms with Crippen molar-refractivity contribution in [2.45, 2.75) is 25.9 Å². The van der Waals surface area contributed by atoms with E-state index in [0.717, 1.165) is 6.07 Å². The summed E-state index contributed by atoms with van der Waals surface area (Å²) in [5.41, 5.74) is -0.167. The van der Waals surface area contributed by atoms with Gasteiger partial charge in [0.1, 0.15) is 24.7 Å². The fourth-order valence-electron chi connectivity index (χ4n) is 2.56. The largest absolute Gasteiger partial charge is 0.502 e. The Labute approximate surface area is 156 Å². The molecule has 1 heterocycles. The minimum absolute atomic E-state index is 0.0265. The van der Waals surface area contributed by atoms with Crippen molar-refractivity contribution in [3.8, 4) is 23.8 Å². The van der Waals surface area contributed by atoms with Crippen molar-refractivity contribution >= 4 is 5.97 Å². The minimum atomic E-state index is -0.822. The van der Waals surface area contributed by atoms with E-state index in [2.05, 4.69) is 5.92 Å². The molecule has 27 heavy (non-hydrogen) atoms. The zero-order valence-electron chi connectivity index (χ0n) is 14.8. The second-order valence-corrected chi connectivity index (χ2v) is 5.57. The quantitative estimate of drug-likeness (QED) is 0.539. The Balaban J connectivity index is 2.53. The van der Waals surface area contributed by atoms with Gasteiger partial charge in [-0.1, -0.05) is 18.1 Å². The number of aliphatic hydroxyl groups excluding tert-OH is 1. The second-order valence-electron chi connectivity index (χ2n) is 5.57. The van der Waals surface area contributed by atoms with Gasteiger partial charge in [-0.3, -0.25) is 9.59 Å². The Bertz CT molecular complexity index is 892. The number of carbonyl (C=O) groups excluding carboxylic acids is 1. The topological polar surface area (TPSA) is 106 Å². The molecule has 1 atom stereocenters. The molecule has 2 rings (SSSR count). The van der Waals surface area contributed by atoms with Crippen LogP contribution in [0.2, 0.25) is 0 Å². The summed E-state index contributed by atoms with van der Waals surface area (Å²) in [4.78, 5) is 24.1. The number of carbonyl (C=O) groups is 1. The van der Waals surface area contributed by atoms with Crippen LogP contribution in [0, 0.1) is 12.3 Å². The van der Waals surface area contributed by atoms with E-state index in [1.807, 2.05) is 0 Å². The minimum Gasteiger partial charge on any atom is -0.502 e. The van der Waals surface area contributed by atoms with Crippen molar-refractivity contribution in [3.63, 3.8) is 0 Å². The number of benzene rings is 1. The maximum Gasteiger partial charge on any atom is 0.306 e. The molecule has 0 aliphatic heterocycles. The van der Waals surface area contributed by atoms with Crippen LogP contribution in [-0.2, 0) is 16.1 Å². The molecule has 0 spiro atoms. The third-order valence-corrected chi connectivity index (χ3v) is 3.73. The highest BCUT2D eigenvalue weighted by Crippen LogP contribution is 2.34. The van der Waals surface area contributed by atoms with Crippen molar-refractivity contribution in [2.24, 2.45) is 0 Å². The molecule has 7 heteroatoms. The van der Waals surface area contributed by atoms with Gasteiger partial charge in [0.05, 0.1) is 18.9 Å². The number of ether oxygens (including phenoxy) is 2. The van der Waals surface area contributed by atoms with Gasteiger partial charge in [-0.05, 0) is 24.6 Å². The molecule has 0 aliphatic rings. The van der Waals surface area contributed by atoms with Gasteiger partial charge in [0.2, 0.25) is 11.2 Å². The van der Waals surface area contributed by atoms with Crippen molar-refractivity contribution < 1.29 is 28.9 Å². The van der Waals surface area contributed by atoms with Gasteiger partial charge < -0.3 is 24.1 Å². The maximum atomic E-state index is 12.1. The highest BCUT2D eigenvalue weighted by atomic mass is 16.5. The normalized spacial score (nSPS) is 11.4. The molecule has 142 valence electrons. The number of rotatable bonds is 8. The molecule has 2 aromatic rings. The van der Waals surface area contributed by atoms with Crippen LogP contribution in [0.15, 0.2) is 39.5 Å². The van der Waals surface area contributed by atoms with Gasteiger partial charge in [0.25, 0.3) is 0 Å². The van der Waals surface area contributed by atoms with E-state index in [1.54, 1.807) is 31.2 Å². The van der Waals surface area contributed by atoms with Crippen LogP contribution < -0.4 is 10.2 Å². The lowest BCUT2D eigenvalue weighted by atomic mass is 9.92. The van der Waals surface area contributed by atoms with Crippen molar-refractivity contribution in [1.82, 2.24) is 0 Å². The van der Waals surface area contributed by atoms with E-state index in [-0.39, 0.29) is 31.2 Å². The maximum absolute atomic E-state index is 12.1. The molecule has 1 aromatic carbocycles. The number of aliphatic hydroxyl groups is 1. The number of aromatic hydroxyl groups is 1. The molecule has 0 fully saturated rings. The highest BCUT2D eigenvalue weighted by molar-refractivity contribution is 5.71. The zero-order valence-corrected chi connectivity index (χ0v) is 14.8. The first-order valence-electron chi connectivity index (χ1n) is 8.28. The Kier molecular flexibility index (Phi) is 7.03. The predicted octanol–water partition coefficient (Wildman–Crippen LogP) is 1.93. The van der Waals surface area contributed by atoms with Gasteiger partial charge in [0, 0.05) is 6.07 Å². The Morgan fingerprint density at radius 1 is 1.37 bits per heavy atom. The first-order chi connectivity index (χ1) is 13.0. The molecule has 0 unspecified atom stereocenters. The first kappa shape index (κ1) is 20.1. The van der Waals surface area contributed by atoms with Gasteiger partial charge in [0.15, 0.2) is 5.76 Å². The van der Waals surface area contributed by atoms with Crippen LogP contribution in [0.3, 0.4) is 0 Å². The fraction of sp³-hybridized carbons (Fsp3) is 0.300. The molecule has 1 aromatic heterocycles. The van der Waals surface area contributed by atoms with Crippen LogP contribution >= 0.6 is 0 Å². The van der Waals surface area contributed by atoms with E-state index in [4.69, 9.17) is 20.3 Å². The molecule has 0 amide bonds. The SMILES string of the molecule is C#CCOc1cccc([C@H](CC(=O)OCC)c2oc(CO)cc(=O)c2O)c1. The predicted molar refractivity (Wildman–Crippen MR) is 96.4 cm³/mol. The lowest BCUT2D eigenvalue weighted by molar-refractivity contribution is -0.143. The summed E-state index contributed by atoms with van der Waals surface area (Å²) in [6, 6.07) is 7.68. The molecule has 0 aliphatic carbocycles. The summed E-state index contributed by atoms with van der Waals surface area (Å²) in [7, 11) is 0. The molecule has 7 nitrogen and oxygen atoms in total. The Morgan fingerprint density at radius 3 is 2.81 bits per heavy atom. The van der Waals surface area contributed by atoms with Gasteiger partial charge in [-0.15, -0.1) is 6.42 Å². The standard InChI is InChI=1S/C20H20O7/c1-3-8-26-14-7-5-6-13(9-14)16(11-18(23)25-4-2)20-19(24)17(22)10-15(12-21)27-20/h1,5-7,9-10,16,21,24H,4,8,11-12H2,2H3/t16-/m0/s1. The van der Waals surface area contributed by atoms with E-state index in [1.165, 1.54) is 0 Å². The molecule has 0 saturated heterocycles. The number of terminal acetylenes is 1. The number of hydrogen-bond acceptors (Lipinski definition) is 7. The Hall–Kier alpha value is -3.24. The van der Waals surface area contributed by atoms with E-state index >= 15 is 0 Å². The van der Waals surface area contributed by atoms with Crippen LogP contribution in [0.1, 0.15) is 36.3 Å². The molecule has 0 bridgehead atoms. The number of esters is 1. The summed E-state index contributed by atoms with van der Waals surface area (Å²) in [6.45, 7) is 1.39. The van der Waals surface area contributed by atoms with E-state index in [9.17, 15) is 19.8 Å². The molecule has 0 saturated carbocycles. The van der Waals surface area contributed by atoms with E-state index < -0.39 is 29.7 Å². The van der Waals surface area contributed by atoms with Crippen molar-refractivity contribution in [3.05, 3.63) is 57.6 Å². The first-order valence-corrected chi connectivity index (χ1v) is 8.28. The smallest absolute Gasteiger partial charge is 0.306 e. The van der Waals surface area contributed by atoms with Gasteiger partial charge >= 0.3 is 5.97 Å². The second kappa shape index (κ2) is 9.46. The average molecular weight is 372 g/mol. The Morgan fingerprint density at radius 2 is 2.15 bits per heavy atom. The monoisotopic (exact) mass is 372 g/mol. The van der Waals surface area contributed by atoms with Crippen LogP contribution in [0.5, 0.6) is 11.5 Å². The van der Waals surface area contributed by atoms with Gasteiger partial charge in [-0.25, -0.2) is 0 Å². The fourth-order valence-corrected chi connectivity index (χ4v) is 2.56. The van der Waals surface area contributed by atoms with Crippen LogP contribution in [0.4, 0.5) is 0 Å². The summed E-state index contributed by atoms with van der Waals surface area (Å²) >= 11 is 0. The number of hydrogen-bond donors (Lipinski definition) is 2. The summed E-state index contributed by atoms with van der Waals surface area (Å²) in [5, 5.41) is 19.5. The van der Waals surface area contributed by atoms with E-state index in [0.29, 0.717) is 11.3 Å². The lowest BCUT2D eigenvalue weighted by Crippen LogP contribution is -2.15. The summed E-state index contributed by atoms with van der Waals surface area (Å²) in [6.07, 6.45) is 5.01. The zero-order chi connectivity index (χ0) is 19.8. The third-order valence-electron chi connectivity index (χ3n) is 3.73. The molecule has 0 radical (unpaired) electrons. The molecular weight excluding hydrogens is 352 g/mol. The lowest BCUT2D eigenvalue weighted by Gasteiger charge is -2.18. The third kappa shape index (κ3) is 5.12.